The molecule has 0 radical (unpaired) electrons. The van der Waals surface area contributed by atoms with Gasteiger partial charge in [-0.3, -0.25) is 0 Å². The van der Waals surface area contributed by atoms with Gasteiger partial charge in [-0.15, -0.1) is 0 Å². The van der Waals surface area contributed by atoms with E-state index in [-0.39, 0.29) is 0 Å². The Balaban J connectivity index is 1.63. The number of aliphatic hydroxyl groups is 1. The second-order valence-electron chi connectivity index (χ2n) is 6.23. The maximum atomic E-state index is 10.4. The Kier molecular flexibility index (Phi) is 4.83. The van der Waals surface area contributed by atoms with Crippen molar-refractivity contribution in [1.82, 2.24) is 10.6 Å². The average Bonchev–Trinajstić information content (AvgIpc) is 2.35. The Morgan fingerprint density at radius 3 is 2.47 bits per heavy atom. The molecule has 100 valence electrons. The highest BCUT2D eigenvalue weighted by Crippen LogP contribution is 2.31. The Morgan fingerprint density at radius 1 is 1.18 bits per heavy atom. The lowest BCUT2D eigenvalue weighted by Gasteiger charge is -2.35. The zero-order valence-corrected chi connectivity index (χ0v) is 11.2. The van der Waals surface area contributed by atoms with E-state index in [0.29, 0.717) is 0 Å². The van der Waals surface area contributed by atoms with E-state index >= 15 is 0 Å². The monoisotopic (exact) mass is 240 g/mol. The van der Waals surface area contributed by atoms with Gasteiger partial charge in [0, 0.05) is 6.54 Å². The zero-order chi connectivity index (χ0) is 12.1. The number of hydrogen-bond donors (Lipinski definition) is 3. The molecule has 3 heteroatoms. The van der Waals surface area contributed by atoms with Crippen molar-refractivity contribution in [3.05, 3.63) is 0 Å². The summed E-state index contributed by atoms with van der Waals surface area (Å²) in [5.74, 6) is 1.61. The lowest BCUT2D eigenvalue weighted by Crippen LogP contribution is -2.45. The van der Waals surface area contributed by atoms with Crippen molar-refractivity contribution in [2.45, 2.75) is 51.0 Å². The van der Waals surface area contributed by atoms with E-state index in [0.717, 1.165) is 50.9 Å². The highest BCUT2D eigenvalue weighted by Gasteiger charge is 2.31. The third-order valence-electron chi connectivity index (χ3n) is 4.55. The lowest BCUT2D eigenvalue weighted by atomic mass is 9.79. The van der Waals surface area contributed by atoms with Crippen LogP contribution in [0.1, 0.15) is 45.4 Å². The van der Waals surface area contributed by atoms with Crippen LogP contribution < -0.4 is 10.6 Å². The van der Waals surface area contributed by atoms with Gasteiger partial charge in [-0.05, 0) is 70.0 Å². The molecule has 0 aromatic rings. The van der Waals surface area contributed by atoms with Crippen molar-refractivity contribution in [2.24, 2.45) is 11.8 Å². The van der Waals surface area contributed by atoms with Gasteiger partial charge in [0.1, 0.15) is 0 Å². The standard InChI is InChI=1S/C14H28N2O/c1-12-2-6-14(17,7-3-12)11-16-10-13-4-8-15-9-5-13/h12-13,15-17H,2-11H2,1H3. The highest BCUT2D eigenvalue weighted by molar-refractivity contribution is 4.86. The van der Waals surface area contributed by atoms with Gasteiger partial charge in [0.2, 0.25) is 0 Å². The quantitative estimate of drug-likeness (QED) is 0.698. The molecule has 0 unspecified atom stereocenters. The Hall–Kier alpha value is -0.120. The summed E-state index contributed by atoms with van der Waals surface area (Å²) >= 11 is 0. The average molecular weight is 240 g/mol. The lowest BCUT2D eigenvalue weighted by molar-refractivity contribution is -0.00679. The molecule has 0 aromatic heterocycles. The van der Waals surface area contributed by atoms with E-state index in [4.69, 9.17) is 0 Å². The molecule has 1 saturated heterocycles. The zero-order valence-electron chi connectivity index (χ0n) is 11.2. The van der Waals surface area contributed by atoms with Crippen molar-refractivity contribution in [3.63, 3.8) is 0 Å². The first kappa shape index (κ1) is 13.3. The summed E-state index contributed by atoms with van der Waals surface area (Å²) < 4.78 is 0. The molecule has 0 aromatic carbocycles. The van der Waals surface area contributed by atoms with Crippen LogP contribution in [-0.4, -0.2) is 36.9 Å². The molecule has 0 bridgehead atoms. The summed E-state index contributed by atoms with van der Waals surface area (Å²) in [6.07, 6.45) is 6.89. The Morgan fingerprint density at radius 2 is 1.82 bits per heavy atom. The van der Waals surface area contributed by atoms with Crippen molar-refractivity contribution < 1.29 is 5.11 Å². The van der Waals surface area contributed by atoms with Gasteiger partial charge >= 0.3 is 0 Å². The van der Waals surface area contributed by atoms with E-state index in [2.05, 4.69) is 17.6 Å². The maximum Gasteiger partial charge on any atom is 0.0771 e. The minimum absolute atomic E-state index is 0.417. The summed E-state index contributed by atoms with van der Waals surface area (Å²) in [7, 11) is 0. The van der Waals surface area contributed by atoms with Gasteiger partial charge in [0.15, 0.2) is 0 Å². The van der Waals surface area contributed by atoms with Crippen LogP contribution in [0.4, 0.5) is 0 Å². The van der Waals surface area contributed by atoms with Crippen LogP contribution in [0.2, 0.25) is 0 Å². The van der Waals surface area contributed by atoms with Gasteiger partial charge in [0.25, 0.3) is 0 Å². The molecular formula is C14H28N2O. The topological polar surface area (TPSA) is 44.3 Å². The molecule has 1 saturated carbocycles. The number of piperidine rings is 1. The Bertz CT molecular complexity index is 218. The maximum absolute atomic E-state index is 10.4. The largest absolute Gasteiger partial charge is 0.389 e. The molecule has 0 spiro atoms. The summed E-state index contributed by atoms with van der Waals surface area (Å²) in [6, 6.07) is 0. The van der Waals surface area contributed by atoms with Crippen molar-refractivity contribution >= 4 is 0 Å². The van der Waals surface area contributed by atoms with Crippen LogP contribution in [0.25, 0.3) is 0 Å². The number of rotatable bonds is 4. The molecule has 0 atom stereocenters. The summed E-state index contributed by atoms with van der Waals surface area (Å²) in [5, 5.41) is 17.3. The minimum atomic E-state index is -0.417. The van der Waals surface area contributed by atoms with Crippen LogP contribution >= 0.6 is 0 Å². The fourth-order valence-corrected chi connectivity index (χ4v) is 3.07. The van der Waals surface area contributed by atoms with Gasteiger partial charge < -0.3 is 15.7 Å². The van der Waals surface area contributed by atoms with Gasteiger partial charge in [0.05, 0.1) is 5.60 Å². The summed E-state index contributed by atoms with van der Waals surface area (Å²) in [6.45, 7) is 6.49. The molecule has 17 heavy (non-hydrogen) atoms. The minimum Gasteiger partial charge on any atom is -0.389 e. The third kappa shape index (κ3) is 4.23. The molecular weight excluding hydrogens is 212 g/mol. The van der Waals surface area contributed by atoms with Gasteiger partial charge in [-0.25, -0.2) is 0 Å². The van der Waals surface area contributed by atoms with E-state index in [1.165, 1.54) is 25.7 Å². The second kappa shape index (κ2) is 6.17. The first-order valence-electron chi connectivity index (χ1n) is 7.32. The molecule has 1 heterocycles. The van der Waals surface area contributed by atoms with Crippen molar-refractivity contribution in [3.8, 4) is 0 Å². The smallest absolute Gasteiger partial charge is 0.0771 e. The molecule has 3 nitrogen and oxygen atoms in total. The first-order valence-corrected chi connectivity index (χ1v) is 7.32. The van der Waals surface area contributed by atoms with Crippen LogP contribution in [0.15, 0.2) is 0 Å². The fourth-order valence-electron chi connectivity index (χ4n) is 3.07. The molecule has 2 rings (SSSR count). The van der Waals surface area contributed by atoms with Gasteiger partial charge in [-0.2, -0.15) is 0 Å². The van der Waals surface area contributed by atoms with Crippen LogP contribution in [0.3, 0.4) is 0 Å². The molecule has 2 aliphatic rings. The van der Waals surface area contributed by atoms with Gasteiger partial charge in [-0.1, -0.05) is 6.92 Å². The molecule has 1 aliphatic carbocycles. The molecule has 1 aliphatic heterocycles. The summed E-state index contributed by atoms with van der Waals surface area (Å²) in [5.41, 5.74) is -0.417. The first-order chi connectivity index (χ1) is 8.18. The normalized spacial score (nSPS) is 36.0. The Labute approximate surface area is 105 Å². The SMILES string of the molecule is CC1CCC(O)(CNCC2CCNCC2)CC1. The summed E-state index contributed by atoms with van der Waals surface area (Å²) in [4.78, 5) is 0. The fraction of sp³-hybridized carbons (Fsp3) is 1.00. The third-order valence-corrected chi connectivity index (χ3v) is 4.55. The molecule has 2 fully saturated rings. The number of hydrogen-bond acceptors (Lipinski definition) is 3. The van der Waals surface area contributed by atoms with Crippen molar-refractivity contribution in [2.75, 3.05) is 26.2 Å². The van der Waals surface area contributed by atoms with Crippen LogP contribution in [-0.2, 0) is 0 Å². The van der Waals surface area contributed by atoms with Crippen LogP contribution in [0.5, 0.6) is 0 Å². The van der Waals surface area contributed by atoms with E-state index in [1.54, 1.807) is 0 Å². The number of nitrogens with one attached hydrogen (secondary N) is 2. The van der Waals surface area contributed by atoms with E-state index in [9.17, 15) is 5.11 Å². The van der Waals surface area contributed by atoms with E-state index < -0.39 is 5.60 Å². The second-order valence-corrected chi connectivity index (χ2v) is 6.23. The molecule has 3 N–H and O–H groups in total. The predicted octanol–water partition coefficient (Wildman–Crippen LogP) is 1.52. The predicted molar refractivity (Wildman–Crippen MR) is 71.0 cm³/mol. The van der Waals surface area contributed by atoms with Crippen molar-refractivity contribution in [1.29, 1.82) is 0 Å². The molecule has 0 amide bonds. The van der Waals surface area contributed by atoms with E-state index in [1.807, 2.05) is 0 Å². The van der Waals surface area contributed by atoms with Crippen LogP contribution in [0, 0.1) is 11.8 Å². The highest BCUT2D eigenvalue weighted by atomic mass is 16.3.